The SMILES string of the molecule is COC(=O)[C@](C)(NCc1nc(C)c2ccccc2n1)C1CC1. The normalized spacial score (nSPS) is 17.2. The largest absolute Gasteiger partial charge is 0.468 e. The molecule has 1 aromatic heterocycles. The highest BCUT2D eigenvalue weighted by molar-refractivity contribution is 5.81. The third-order valence-corrected chi connectivity index (χ3v) is 4.46. The lowest BCUT2D eigenvalue weighted by Gasteiger charge is -2.27. The fraction of sp³-hybridized carbons (Fsp3) is 0.471. The van der Waals surface area contributed by atoms with Crippen LogP contribution in [-0.2, 0) is 16.1 Å². The zero-order valence-corrected chi connectivity index (χ0v) is 13.2. The molecule has 5 heteroatoms. The third kappa shape index (κ3) is 2.68. The fourth-order valence-electron chi connectivity index (χ4n) is 2.89. The molecule has 0 spiro atoms. The molecule has 0 aliphatic heterocycles. The average molecular weight is 299 g/mol. The van der Waals surface area contributed by atoms with E-state index in [1.165, 1.54) is 7.11 Å². The van der Waals surface area contributed by atoms with Gasteiger partial charge in [0.2, 0.25) is 0 Å². The van der Waals surface area contributed by atoms with Crippen LogP contribution >= 0.6 is 0 Å². The number of esters is 1. The second kappa shape index (κ2) is 5.65. The summed E-state index contributed by atoms with van der Waals surface area (Å²) in [5.41, 5.74) is 1.23. The van der Waals surface area contributed by atoms with Crippen LogP contribution in [0.1, 0.15) is 31.3 Å². The first-order chi connectivity index (χ1) is 10.5. The topological polar surface area (TPSA) is 64.1 Å². The monoisotopic (exact) mass is 299 g/mol. The van der Waals surface area contributed by atoms with Crippen LogP contribution in [0.2, 0.25) is 0 Å². The minimum atomic E-state index is -0.655. The predicted octanol–water partition coefficient (Wildman–Crippen LogP) is 2.37. The molecule has 1 fully saturated rings. The Hall–Kier alpha value is -2.01. The third-order valence-electron chi connectivity index (χ3n) is 4.46. The first-order valence-corrected chi connectivity index (χ1v) is 7.60. The molecule has 1 aromatic carbocycles. The van der Waals surface area contributed by atoms with Gasteiger partial charge in [0.25, 0.3) is 0 Å². The Kier molecular flexibility index (Phi) is 3.83. The molecule has 1 aliphatic carbocycles. The van der Waals surface area contributed by atoms with Crippen molar-refractivity contribution >= 4 is 16.9 Å². The smallest absolute Gasteiger partial charge is 0.326 e. The molecular formula is C17H21N3O2. The van der Waals surface area contributed by atoms with Gasteiger partial charge in [-0.05, 0) is 38.7 Å². The van der Waals surface area contributed by atoms with Gasteiger partial charge in [-0.1, -0.05) is 18.2 Å². The number of methoxy groups -OCH3 is 1. The number of para-hydroxylation sites is 1. The van der Waals surface area contributed by atoms with Gasteiger partial charge < -0.3 is 4.74 Å². The van der Waals surface area contributed by atoms with Gasteiger partial charge in [0.05, 0.1) is 19.2 Å². The molecule has 1 saturated carbocycles. The van der Waals surface area contributed by atoms with Crippen molar-refractivity contribution in [3.05, 3.63) is 35.8 Å². The molecule has 116 valence electrons. The first-order valence-electron chi connectivity index (χ1n) is 7.60. The number of nitrogens with one attached hydrogen (secondary N) is 1. The molecule has 0 amide bonds. The maximum Gasteiger partial charge on any atom is 0.326 e. The van der Waals surface area contributed by atoms with Crippen LogP contribution in [-0.4, -0.2) is 28.6 Å². The number of nitrogens with zero attached hydrogens (tertiary/aromatic N) is 2. The number of aryl methyl sites for hydroxylation is 1. The van der Waals surface area contributed by atoms with E-state index in [2.05, 4.69) is 15.3 Å². The van der Waals surface area contributed by atoms with Crippen LogP contribution in [0, 0.1) is 12.8 Å². The van der Waals surface area contributed by atoms with Gasteiger partial charge in [-0.25, -0.2) is 9.97 Å². The summed E-state index contributed by atoms with van der Waals surface area (Å²) in [4.78, 5) is 21.2. The van der Waals surface area contributed by atoms with Crippen molar-refractivity contribution in [2.24, 2.45) is 5.92 Å². The van der Waals surface area contributed by atoms with E-state index in [0.29, 0.717) is 18.3 Å². The molecule has 1 N–H and O–H groups in total. The molecule has 5 nitrogen and oxygen atoms in total. The quantitative estimate of drug-likeness (QED) is 0.859. The second-order valence-electron chi connectivity index (χ2n) is 6.06. The van der Waals surface area contributed by atoms with Gasteiger partial charge in [-0.2, -0.15) is 0 Å². The Balaban J connectivity index is 1.82. The zero-order valence-electron chi connectivity index (χ0n) is 13.2. The number of fused-ring (bicyclic) bond motifs is 1. The van der Waals surface area contributed by atoms with Crippen LogP contribution < -0.4 is 5.32 Å². The fourth-order valence-corrected chi connectivity index (χ4v) is 2.89. The van der Waals surface area contributed by atoms with E-state index in [0.717, 1.165) is 29.4 Å². The molecule has 1 heterocycles. The second-order valence-corrected chi connectivity index (χ2v) is 6.06. The Labute approximate surface area is 130 Å². The number of aromatic nitrogens is 2. The highest BCUT2D eigenvalue weighted by Crippen LogP contribution is 2.40. The summed E-state index contributed by atoms with van der Waals surface area (Å²) in [6.07, 6.45) is 2.10. The van der Waals surface area contributed by atoms with Crippen molar-refractivity contribution < 1.29 is 9.53 Å². The standard InChI is InChI=1S/C17H21N3O2/c1-11-13-6-4-5-7-14(13)20-15(19-11)10-18-17(2,12-8-9-12)16(21)22-3/h4-7,12,18H,8-10H2,1-3H3/t17-/m1/s1. The van der Waals surface area contributed by atoms with Gasteiger partial charge in [0.1, 0.15) is 11.4 Å². The number of hydrogen-bond donors (Lipinski definition) is 1. The highest BCUT2D eigenvalue weighted by atomic mass is 16.5. The molecular weight excluding hydrogens is 278 g/mol. The Morgan fingerprint density at radius 1 is 1.36 bits per heavy atom. The molecule has 2 aromatic rings. The van der Waals surface area contributed by atoms with Crippen LogP contribution in [0.3, 0.4) is 0 Å². The maximum absolute atomic E-state index is 12.1. The zero-order chi connectivity index (χ0) is 15.7. The lowest BCUT2D eigenvalue weighted by atomic mass is 9.96. The van der Waals surface area contributed by atoms with E-state index in [9.17, 15) is 4.79 Å². The minimum Gasteiger partial charge on any atom is -0.468 e. The number of carbonyl (C=O) groups is 1. The number of carbonyl (C=O) groups excluding carboxylic acids is 1. The molecule has 0 unspecified atom stereocenters. The van der Waals surface area contributed by atoms with E-state index in [4.69, 9.17) is 4.74 Å². The summed E-state index contributed by atoms with van der Waals surface area (Å²) in [5.74, 6) is 0.820. The van der Waals surface area contributed by atoms with Crippen LogP contribution in [0.4, 0.5) is 0 Å². The van der Waals surface area contributed by atoms with Crippen LogP contribution in [0.25, 0.3) is 10.9 Å². The van der Waals surface area contributed by atoms with Gasteiger partial charge >= 0.3 is 5.97 Å². The van der Waals surface area contributed by atoms with E-state index in [-0.39, 0.29) is 5.97 Å². The predicted molar refractivity (Wildman–Crippen MR) is 84.3 cm³/mol. The molecule has 1 atom stereocenters. The minimum absolute atomic E-state index is 0.215. The highest BCUT2D eigenvalue weighted by Gasteiger charge is 2.47. The van der Waals surface area contributed by atoms with Crippen molar-refractivity contribution in [2.45, 2.75) is 38.8 Å². The molecule has 0 radical (unpaired) electrons. The average Bonchev–Trinajstić information content (AvgIpc) is 3.37. The van der Waals surface area contributed by atoms with E-state index in [1.807, 2.05) is 38.1 Å². The lowest BCUT2D eigenvalue weighted by Crippen LogP contribution is -2.51. The van der Waals surface area contributed by atoms with E-state index in [1.54, 1.807) is 0 Å². The van der Waals surface area contributed by atoms with Crippen molar-refractivity contribution in [1.29, 1.82) is 0 Å². The van der Waals surface area contributed by atoms with Crippen molar-refractivity contribution in [2.75, 3.05) is 7.11 Å². The van der Waals surface area contributed by atoms with Crippen molar-refractivity contribution in [3.63, 3.8) is 0 Å². The number of hydrogen-bond acceptors (Lipinski definition) is 5. The van der Waals surface area contributed by atoms with Crippen molar-refractivity contribution in [1.82, 2.24) is 15.3 Å². The van der Waals surface area contributed by atoms with Gasteiger partial charge in [0.15, 0.2) is 0 Å². The first kappa shape index (κ1) is 14.9. The Morgan fingerprint density at radius 3 is 2.77 bits per heavy atom. The Bertz CT molecular complexity index is 712. The Morgan fingerprint density at radius 2 is 2.09 bits per heavy atom. The summed E-state index contributed by atoms with van der Waals surface area (Å²) >= 11 is 0. The molecule has 0 saturated heterocycles. The summed E-state index contributed by atoms with van der Waals surface area (Å²) in [7, 11) is 1.43. The summed E-state index contributed by atoms with van der Waals surface area (Å²) < 4.78 is 4.96. The van der Waals surface area contributed by atoms with Gasteiger partial charge in [-0.15, -0.1) is 0 Å². The number of rotatable bonds is 5. The van der Waals surface area contributed by atoms with Gasteiger partial charge in [-0.3, -0.25) is 10.1 Å². The molecule has 22 heavy (non-hydrogen) atoms. The van der Waals surface area contributed by atoms with E-state index >= 15 is 0 Å². The number of benzene rings is 1. The van der Waals surface area contributed by atoms with Crippen molar-refractivity contribution in [3.8, 4) is 0 Å². The van der Waals surface area contributed by atoms with Crippen LogP contribution in [0.5, 0.6) is 0 Å². The van der Waals surface area contributed by atoms with E-state index < -0.39 is 5.54 Å². The molecule has 3 rings (SSSR count). The molecule has 1 aliphatic rings. The summed E-state index contributed by atoms with van der Waals surface area (Å²) in [5, 5.41) is 4.38. The summed E-state index contributed by atoms with van der Waals surface area (Å²) in [6.45, 7) is 4.34. The maximum atomic E-state index is 12.1. The molecule has 0 bridgehead atoms. The summed E-state index contributed by atoms with van der Waals surface area (Å²) in [6, 6.07) is 7.95. The lowest BCUT2D eigenvalue weighted by molar-refractivity contribution is -0.149. The van der Waals surface area contributed by atoms with Crippen LogP contribution in [0.15, 0.2) is 24.3 Å². The number of ether oxygens (including phenoxy) is 1. The van der Waals surface area contributed by atoms with Gasteiger partial charge in [0, 0.05) is 11.1 Å².